The summed E-state index contributed by atoms with van der Waals surface area (Å²) < 4.78 is 0. The molecule has 1 fully saturated rings. The maximum absolute atomic E-state index is 12.3. The highest BCUT2D eigenvalue weighted by Crippen LogP contribution is 2.21. The number of nitrogens with two attached hydrogens (primary N) is 1. The lowest BCUT2D eigenvalue weighted by atomic mass is 10.1. The van der Waals surface area contributed by atoms with Crippen molar-refractivity contribution in [1.29, 1.82) is 0 Å². The molecule has 0 aromatic carbocycles. The molecule has 1 aromatic heterocycles. The molecule has 0 bridgehead atoms. The number of nitrogens with zero attached hydrogens (tertiary/aromatic N) is 2. The van der Waals surface area contributed by atoms with Crippen molar-refractivity contribution < 1.29 is 14.7 Å². The number of carboxylic acids is 1. The van der Waals surface area contributed by atoms with E-state index in [9.17, 15) is 9.59 Å². The smallest absolute Gasteiger partial charge is 0.337 e. The van der Waals surface area contributed by atoms with Crippen LogP contribution in [-0.2, 0) is 4.79 Å². The normalized spacial score (nSPS) is 16.3. The van der Waals surface area contributed by atoms with Crippen molar-refractivity contribution >= 4 is 23.4 Å². The fraction of sp³-hybridized carbons (Fsp3) is 0.500. The number of amides is 1. The molecular formula is C14H20N4O3. The topological polar surface area (TPSA) is 109 Å². The molecule has 0 radical (unpaired) electrons. The number of rotatable bonds is 4. The minimum Gasteiger partial charge on any atom is -0.478 e. The van der Waals surface area contributed by atoms with Crippen LogP contribution in [0.3, 0.4) is 0 Å². The van der Waals surface area contributed by atoms with Gasteiger partial charge in [-0.25, -0.2) is 9.78 Å². The monoisotopic (exact) mass is 292 g/mol. The predicted molar refractivity (Wildman–Crippen MR) is 79.1 cm³/mol. The van der Waals surface area contributed by atoms with E-state index in [1.54, 1.807) is 6.92 Å². The van der Waals surface area contributed by atoms with Crippen molar-refractivity contribution in [2.45, 2.75) is 32.2 Å². The largest absolute Gasteiger partial charge is 0.478 e. The van der Waals surface area contributed by atoms with Crippen molar-refractivity contribution in [3.63, 3.8) is 0 Å². The van der Waals surface area contributed by atoms with Crippen LogP contribution in [0, 0.1) is 0 Å². The van der Waals surface area contributed by atoms with Crippen molar-refractivity contribution in [3.05, 3.63) is 17.8 Å². The molecule has 1 unspecified atom stereocenters. The Hall–Kier alpha value is -2.31. The van der Waals surface area contributed by atoms with Crippen LogP contribution in [0.2, 0.25) is 0 Å². The highest BCUT2D eigenvalue weighted by atomic mass is 16.4. The summed E-state index contributed by atoms with van der Waals surface area (Å²) in [5, 5.41) is 11.9. The molecule has 0 spiro atoms. The van der Waals surface area contributed by atoms with E-state index in [-0.39, 0.29) is 23.0 Å². The van der Waals surface area contributed by atoms with E-state index in [1.807, 2.05) is 4.90 Å². The molecular weight excluding hydrogens is 272 g/mol. The standard InChI is InChI=1S/C14H20N4O3/c1-9(13(19)18-7-3-2-4-8-18)17-12-11(15)10(14(20)21)5-6-16-12/h5-6,9H,2-4,7-8,15H2,1H3,(H,16,17)(H,20,21). The van der Waals surface area contributed by atoms with E-state index < -0.39 is 12.0 Å². The van der Waals surface area contributed by atoms with Crippen molar-refractivity contribution in [3.8, 4) is 0 Å². The van der Waals surface area contributed by atoms with E-state index in [0.717, 1.165) is 32.4 Å². The van der Waals surface area contributed by atoms with Gasteiger partial charge in [-0.15, -0.1) is 0 Å². The minimum absolute atomic E-state index is 0.0170. The second kappa shape index (κ2) is 6.43. The predicted octanol–water partition coefficient (Wildman–Crippen LogP) is 1.17. The number of likely N-dealkylation sites (tertiary alicyclic amines) is 1. The Morgan fingerprint density at radius 1 is 1.38 bits per heavy atom. The Bertz CT molecular complexity index is 541. The Morgan fingerprint density at radius 3 is 2.67 bits per heavy atom. The molecule has 2 rings (SSSR count). The van der Waals surface area contributed by atoms with E-state index >= 15 is 0 Å². The summed E-state index contributed by atoms with van der Waals surface area (Å²) in [6.45, 7) is 3.26. The SMILES string of the molecule is CC(Nc1nccc(C(=O)O)c1N)C(=O)N1CCCCC1. The Labute approximate surface area is 123 Å². The molecule has 4 N–H and O–H groups in total. The van der Waals surface area contributed by atoms with Gasteiger partial charge in [-0.3, -0.25) is 4.79 Å². The van der Waals surface area contributed by atoms with Gasteiger partial charge in [0.25, 0.3) is 0 Å². The van der Waals surface area contributed by atoms with Crippen LogP contribution in [0.25, 0.3) is 0 Å². The van der Waals surface area contributed by atoms with Gasteiger partial charge >= 0.3 is 5.97 Å². The molecule has 0 aliphatic carbocycles. The zero-order valence-corrected chi connectivity index (χ0v) is 12.0. The Kier molecular flexibility index (Phi) is 4.62. The average molecular weight is 292 g/mol. The third-order valence-corrected chi connectivity index (χ3v) is 3.61. The van der Waals surface area contributed by atoms with E-state index in [1.165, 1.54) is 12.3 Å². The van der Waals surface area contributed by atoms with Crippen LogP contribution >= 0.6 is 0 Å². The zero-order chi connectivity index (χ0) is 15.4. The number of carboxylic acid groups (broad SMARTS) is 1. The second-order valence-corrected chi connectivity index (χ2v) is 5.18. The highest BCUT2D eigenvalue weighted by Gasteiger charge is 2.23. The third-order valence-electron chi connectivity index (χ3n) is 3.61. The van der Waals surface area contributed by atoms with Crippen LogP contribution in [0.4, 0.5) is 11.5 Å². The second-order valence-electron chi connectivity index (χ2n) is 5.18. The fourth-order valence-corrected chi connectivity index (χ4v) is 2.43. The van der Waals surface area contributed by atoms with Gasteiger partial charge in [0.15, 0.2) is 5.82 Å². The number of nitrogens with one attached hydrogen (secondary N) is 1. The van der Waals surface area contributed by atoms with Gasteiger partial charge in [-0.2, -0.15) is 0 Å². The Balaban J connectivity index is 2.08. The molecule has 1 saturated heterocycles. The number of carbonyl (C=O) groups excluding carboxylic acids is 1. The van der Waals surface area contributed by atoms with Gasteiger partial charge in [0.1, 0.15) is 6.04 Å². The lowest BCUT2D eigenvalue weighted by Crippen LogP contribution is -2.44. The first-order chi connectivity index (χ1) is 10.0. The van der Waals surface area contributed by atoms with Crippen molar-refractivity contribution in [1.82, 2.24) is 9.88 Å². The van der Waals surface area contributed by atoms with Crippen LogP contribution in [-0.4, -0.2) is 46.0 Å². The molecule has 21 heavy (non-hydrogen) atoms. The first kappa shape index (κ1) is 15.1. The van der Waals surface area contributed by atoms with E-state index in [0.29, 0.717) is 0 Å². The lowest BCUT2D eigenvalue weighted by Gasteiger charge is -2.29. The summed E-state index contributed by atoms with van der Waals surface area (Å²) in [5.41, 5.74) is 5.80. The molecule has 1 aliphatic heterocycles. The summed E-state index contributed by atoms with van der Waals surface area (Å²) in [4.78, 5) is 29.2. The molecule has 1 atom stereocenters. The highest BCUT2D eigenvalue weighted by molar-refractivity contribution is 5.96. The number of anilines is 2. The van der Waals surface area contributed by atoms with Gasteiger partial charge in [0.05, 0.1) is 11.3 Å². The molecule has 2 heterocycles. The van der Waals surface area contributed by atoms with Gasteiger partial charge in [0.2, 0.25) is 5.91 Å². The van der Waals surface area contributed by atoms with Gasteiger partial charge in [0, 0.05) is 19.3 Å². The number of piperidine rings is 1. The molecule has 1 aliphatic rings. The first-order valence-electron chi connectivity index (χ1n) is 7.04. The zero-order valence-electron chi connectivity index (χ0n) is 12.0. The van der Waals surface area contributed by atoms with Crippen LogP contribution < -0.4 is 11.1 Å². The Morgan fingerprint density at radius 2 is 2.05 bits per heavy atom. The lowest BCUT2D eigenvalue weighted by molar-refractivity contribution is -0.132. The summed E-state index contributed by atoms with van der Waals surface area (Å²) in [7, 11) is 0. The molecule has 1 amide bonds. The fourth-order valence-electron chi connectivity index (χ4n) is 2.43. The first-order valence-corrected chi connectivity index (χ1v) is 7.04. The number of hydrogen-bond donors (Lipinski definition) is 3. The minimum atomic E-state index is -1.12. The molecule has 7 heteroatoms. The molecule has 1 aromatic rings. The van der Waals surface area contributed by atoms with E-state index in [2.05, 4.69) is 10.3 Å². The maximum atomic E-state index is 12.3. The summed E-state index contributed by atoms with van der Waals surface area (Å²) in [5.74, 6) is -0.905. The number of pyridine rings is 1. The number of carbonyl (C=O) groups is 2. The van der Waals surface area contributed by atoms with Gasteiger partial charge < -0.3 is 21.1 Å². The molecule has 114 valence electrons. The summed E-state index contributed by atoms with van der Waals surface area (Å²) >= 11 is 0. The average Bonchev–Trinajstić information content (AvgIpc) is 2.49. The number of hydrogen-bond acceptors (Lipinski definition) is 5. The maximum Gasteiger partial charge on any atom is 0.337 e. The number of nitrogen functional groups attached to an aromatic ring is 1. The number of aromatic carboxylic acids is 1. The van der Waals surface area contributed by atoms with E-state index in [4.69, 9.17) is 10.8 Å². The van der Waals surface area contributed by atoms with Crippen molar-refractivity contribution in [2.24, 2.45) is 0 Å². The quantitative estimate of drug-likeness (QED) is 0.769. The summed E-state index contributed by atoms with van der Waals surface area (Å²) in [6.07, 6.45) is 4.56. The number of aromatic nitrogens is 1. The van der Waals surface area contributed by atoms with Crippen molar-refractivity contribution in [2.75, 3.05) is 24.1 Å². The third kappa shape index (κ3) is 3.42. The van der Waals surface area contributed by atoms with Crippen LogP contribution in [0.1, 0.15) is 36.5 Å². The van der Waals surface area contributed by atoms with Crippen LogP contribution in [0.15, 0.2) is 12.3 Å². The summed E-state index contributed by atoms with van der Waals surface area (Å²) in [6, 6.07) is 0.835. The van der Waals surface area contributed by atoms with Crippen LogP contribution in [0.5, 0.6) is 0 Å². The van der Waals surface area contributed by atoms with Gasteiger partial charge in [-0.1, -0.05) is 0 Å². The van der Waals surface area contributed by atoms with Gasteiger partial charge in [-0.05, 0) is 32.3 Å². The molecule has 7 nitrogen and oxygen atoms in total. The molecule has 0 saturated carbocycles.